The molecule has 2 aromatic carbocycles. The fraction of sp³-hybridized carbons (Fsp3) is 0.375. The second kappa shape index (κ2) is 8.44. The smallest absolute Gasteiger partial charge is 0.342 e. The van der Waals surface area contributed by atoms with Crippen LogP contribution in [0.5, 0.6) is 0 Å². The highest BCUT2D eigenvalue weighted by Gasteiger charge is 2.34. The Balaban J connectivity index is 1.75. The summed E-state index contributed by atoms with van der Waals surface area (Å²) in [5, 5.41) is 10.7. The number of carbonyl (C=O) groups excluding carboxylic acids is 1. The largest absolute Gasteiger partial charge is 0.511 e. The average molecular weight is 397 g/mol. The Hall–Kier alpha value is -2.20. The Bertz CT molecular complexity index is 889. The van der Waals surface area contributed by atoms with E-state index in [1.807, 2.05) is 32.9 Å². The van der Waals surface area contributed by atoms with E-state index in [0.717, 1.165) is 28.0 Å². The number of thioether (sulfide) groups is 1. The van der Waals surface area contributed by atoms with E-state index in [2.05, 4.69) is 38.1 Å². The van der Waals surface area contributed by atoms with Crippen molar-refractivity contribution in [3.8, 4) is 0 Å². The van der Waals surface area contributed by atoms with Gasteiger partial charge in [0.15, 0.2) is 0 Å². The van der Waals surface area contributed by atoms with Gasteiger partial charge in [-0.3, -0.25) is 0 Å². The van der Waals surface area contributed by atoms with Gasteiger partial charge in [0.1, 0.15) is 17.4 Å². The molecule has 28 heavy (non-hydrogen) atoms. The van der Waals surface area contributed by atoms with Crippen molar-refractivity contribution in [1.82, 2.24) is 0 Å². The second-order valence-corrected chi connectivity index (χ2v) is 8.94. The maximum atomic E-state index is 12.8. The molecule has 4 heteroatoms. The Morgan fingerprint density at radius 3 is 2.25 bits per heavy atom. The predicted molar refractivity (Wildman–Crippen MR) is 116 cm³/mol. The summed E-state index contributed by atoms with van der Waals surface area (Å²) in [4.78, 5) is 14.0. The number of carbonyl (C=O) groups is 1. The molecule has 148 valence electrons. The molecule has 1 aliphatic rings. The van der Waals surface area contributed by atoms with Gasteiger partial charge in [0.2, 0.25) is 0 Å². The van der Waals surface area contributed by atoms with E-state index in [1.165, 1.54) is 10.5 Å². The molecule has 2 aromatic rings. The average Bonchev–Trinajstić information content (AvgIpc) is 2.62. The zero-order chi connectivity index (χ0) is 20.4. The van der Waals surface area contributed by atoms with Crippen LogP contribution in [0.4, 0.5) is 0 Å². The minimum atomic E-state index is -0.420. The number of cyclic esters (lactones) is 1. The summed E-state index contributed by atoms with van der Waals surface area (Å²) in [5.41, 5.74) is 5.47. The summed E-state index contributed by atoms with van der Waals surface area (Å²) >= 11 is 1.75. The van der Waals surface area contributed by atoms with Crippen LogP contribution in [-0.4, -0.2) is 22.9 Å². The van der Waals surface area contributed by atoms with E-state index in [4.69, 9.17) is 4.74 Å². The molecule has 3 nitrogen and oxygen atoms in total. The third kappa shape index (κ3) is 4.44. The fourth-order valence-electron chi connectivity index (χ4n) is 3.76. The molecule has 0 aliphatic carbocycles. The SMILES string of the molecule is Cc1ccc(SCC(C)C2CC(O)=C(c3c(C)cc(C)cc3C)C(=O)O2)cc1. The molecular formula is C24H28O3S. The molecule has 1 N–H and O–H groups in total. The standard InChI is InChI=1S/C24H28O3S/c1-14-6-8-19(9-7-14)28-13-18(5)21-12-20(25)23(24(26)27-21)22-16(3)10-15(2)11-17(22)4/h6-11,18,21,25H,12-13H2,1-5H3. The maximum Gasteiger partial charge on any atom is 0.342 e. The Labute approximate surface area is 171 Å². The molecule has 0 saturated heterocycles. The number of aliphatic hydroxyl groups excluding tert-OH is 1. The van der Waals surface area contributed by atoms with Gasteiger partial charge in [-0.1, -0.05) is 42.3 Å². The van der Waals surface area contributed by atoms with Crippen molar-refractivity contribution in [2.45, 2.75) is 52.0 Å². The summed E-state index contributed by atoms with van der Waals surface area (Å²) < 4.78 is 5.76. The highest BCUT2D eigenvalue weighted by molar-refractivity contribution is 7.99. The Morgan fingerprint density at radius 1 is 1.07 bits per heavy atom. The normalized spacial score (nSPS) is 18.2. The van der Waals surface area contributed by atoms with E-state index in [-0.39, 0.29) is 17.8 Å². The quantitative estimate of drug-likeness (QED) is 0.502. The van der Waals surface area contributed by atoms with Crippen LogP contribution in [0, 0.1) is 33.6 Å². The van der Waals surface area contributed by atoms with Gasteiger partial charge >= 0.3 is 5.97 Å². The molecule has 0 fully saturated rings. The van der Waals surface area contributed by atoms with Gasteiger partial charge in [-0.05, 0) is 56.5 Å². The van der Waals surface area contributed by atoms with E-state index in [1.54, 1.807) is 11.8 Å². The first-order valence-electron chi connectivity index (χ1n) is 9.67. The van der Waals surface area contributed by atoms with Crippen LogP contribution >= 0.6 is 11.8 Å². The van der Waals surface area contributed by atoms with Crippen molar-refractivity contribution >= 4 is 23.3 Å². The number of aryl methyl sites for hydroxylation is 4. The summed E-state index contributed by atoms with van der Waals surface area (Å²) in [6.45, 7) is 10.1. The minimum absolute atomic E-state index is 0.138. The number of benzene rings is 2. The van der Waals surface area contributed by atoms with Crippen LogP contribution in [0.3, 0.4) is 0 Å². The summed E-state index contributed by atoms with van der Waals surface area (Å²) in [6, 6.07) is 12.5. The first-order chi connectivity index (χ1) is 13.3. The molecule has 2 unspecified atom stereocenters. The fourth-order valence-corrected chi connectivity index (χ4v) is 4.75. The van der Waals surface area contributed by atoms with E-state index >= 15 is 0 Å². The topological polar surface area (TPSA) is 46.5 Å². The molecule has 1 heterocycles. The zero-order valence-electron chi connectivity index (χ0n) is 17.2. The van der Waals surface area contributed by atoms with Gasteiger partial charge in [-0.2, -0.15) is 0 Å². The third-order valence-corrected chi connectivity index (χ3v) is 6.54. The maximum absolute atomic E-state index is 12.8. The molecular weight excluding hydrogens is 368 g/mol. The van der Waals surface area contributed by atoms with E-state index in [9.17, 15) is 9.90 Å². The molecule has 3 rings (SSSR count). The lowest BCUT2D eigenvalue weighted by molar-refractivity contribution is -0.145. The van der Waals surface area contributed by atoms with Crippen LogP contribution in [0.1, 0.15) is 41.2 Å². The van der Waals surface area contributed by atoms with Gasteiger partial charge in [0, 0.05) is 23.0 Å². The van der Waals surface area contributed by atoms with E-state index < -0.39 is 5.97 Å². The van der Waals surface area contributed by atoms with Crippen LogP contribution < -0.4 is 0 Å². The number of hydrogen-bond acceptors (Lipinski definition) is 4. The van der Waals surface area contributed by atoms with Crippen molar-refractivity contribution in [1.29, 1.82) is 0 Å². The lowest BCUT2D eigenvalue weighted by Gasteiger charge is -2.29. The number of aliphatic hydroxyl groups is 1. The van der Waals surface area contributed by atoms with Gasteiger partial charge in [0.25, 0.3) is 0 Å². The Morgan fingerprint density at radius 2 is 1.68 bits per heavy atom. The van der Waals surface area contributed by atoms with Crippen molar-refractivity contribution in [3.63, 3.8) is 0 Å². The molecule has 0 amide bonds. The first kappa shape index (κ1) is 20.5. The molecule has 2 atom stereocenters. The van der Waals surface area contributed by atoms with E-state index in [0.29, 0.717) is 12.0 Å². The highest BCUT2D eigenvalue weighted by Crippen LogP contribution is 2.35. The van der Waals surface area contributed by atoms with Gasteiger partial charge < -0.3 is 9.84 Å². The molecule has 0 bridgehead atoms. The number of hydrogen-bond donors (Lipinski definition) is 1. The third-order valence-electron chi connectivity index (χ3n) is 5.24. The number of rotatable bonds is 5. The lowest BCUT2D eigenvalue weighted by atomic mass is 9.89. The monoisotopic (exact) mass is 396 g/mol. The number of ether oxygens (including phenoxy) is 1. The van der Waals surface area contributed by atoms with Crippen LogP contribution in [0.2, 0.25) is 0 Å². The van der Waals surface area contributed by atoms with Gasteiger partial charge in [0.05, 0.1) is 0 Å². The molecule has 0 spiro atoms. The van der Waals surface area contributed by atoms with Gasteiger partial charge in [-0.25, -0.2) is 4.79 Å². The minimum Gasteiger partial charge on any atom is -0.511 e. The Kier molecular flexibility index (Phi) is 6.19. The zero-order valence-corrected chi connectivity index (χ0v) is 18.0. The van der Waals surface area contributed by atoms with Crippen molar-refractivity contribution in [2.75, 3.05) is 5.75 Å². The molecule has 0 saturated carbocycles. The predicted octanol–water partition coefficient (Wildman–Crippen LogP) is 5.93. The van der Waals surface area contributed by atoms with Crippen LogP contribution in [0.25, 0.3) is 5.57 Å². The molecule has 1 aliphatic heterocycles. The molecule has 0 aromatic heterocycles. The summed E-state index contributed by atoms with van der Waals surface area (Å²) in [6.07, 6.45) is 0.0592. The number of esters is 1. The highest BCUT2D eigenvalue weighted by atomic mass is 32.2. The summed E-state index contributed by atoms with van der Waals surface area (Å²) in [5.74, 6) is 0.685. The second-order valence-electron chi connectivity index (χ2n) is 7.84. The van der Waals surface area contributed by atoms with Crippen molar-refractivity contribution in [2.24, 2.45) is 5.92 Å². The lowest BCUT2D eigenvalue weighted by Crippen LogP contribution is -2.32. The first-order valence-corrected chi connectivity index (χ1v) is 10.7. The van der Waals surface area contributed by atoms with Crippen molar-refractivity contribution < 1.29 is 14.6 Å². The van der Waals surface area contributed by atoms with Crippen molar-refractivity contribution in [3.05, 3.63) is 70.0 Å². The summed E-state index contributed by atoms with van der Waals surface area (Å²) in [7, 11) is 0. The van der Waals surface area contributed by atoms with Gasteiger partial charge in [-0.15, -0.1) is 11.8 Å². The molecule has 0 radical (unpaired) electrons. The van der Waals surface area contributed by atoms with Crippen LogP contribution in [0.15, 0.2) is 47.1 Å². The van der Waals surface area contributed by atoms with Crippen LogP contribution in [-0.2, 0) is 9.53 Å².